The number of hydrogen-bond acceptors (Lipinski definition) is 12. The molecule has 2 aliphatic heterocycles. The van der Waals surface area contributed by atoms with Gasteiger partial charge in [-0.05, 0) is 80.2 Å². The molecular weight excluding hydrogens is 981 g/mol. The molecule has 410 valence electrons. The number of para-hydroxylation sites is 1. The van der Waals surface area contributed by atoms with E-state index >= 15 is 0 Å². The van der Waals surface area contributed by atoms with E-state index in [4.69, 9.17) is 0 Å². The third kappa shape index (κ3) is 15.9. The van der Waals surface area contributed by atoms with E-state index in [0.717, 1.165) is 10.9 Å². The van der Waals surface area contributed by atoms with Crippen LogP contribution in [0.1, 0.15) is 90.0 Å². The highest BCUT2D eigenvalue weighted by atomic mass is 16.3. The Morgan fingerprint density at radius 3 is 1.91 bits per heavy atom. The minimum atomic E-state index is -1.71. The summed E-state index contributed by atoms with van der Waals surface area (Å²) < 4.78 is 0. The number of rotatable bonds is 26. The minimum absolute atomic E-state index is 0.0481. The summed E-state index contributed by atoms with van der Waals surface area (Å²) in [7, 11) is 0. The first kappa shape index (κ1) is 57.5. The lowest BCUT2D eigenvalue weighted by Crippen LogP contribution is -2.61. The lowest BCUT2D eigenvalue weighted by Gasteiger charge is -2.31. The normalized spacial score (nSPS) is 17.7. The average Bonchev–Trinajstić information content (AvgIpc) is 4.24. The van der Waals surface area contributed by atoms with Crippen LogP contribution in [0.5, 0.6) is 5.75 Å². The number of amides is 9. The summed E-state index contributed by atoms with van der Waals surface area (Å²) in [6.07, 6.45) is 5.92. The van der Waals surface area contributed by atoms with Gasteiger partial charge in [0.15, 0.2) is 0 Å². The molecule has 4 heterocycles. The van der Waals surface area contributed by atoms with E-state index in [2.05, 4.69) is 57.5 Å². The number of carbonyl (C=O) groups is 9. The van der Waals surface area contributed by atoms with Crippen LogP contribution in [0, 0.1) is 11.8 Å². The van der Waals surface area contributed by atoms with E-state index in [1.54, 1.807) is 19.2 Å². The predicted octanol–water partition coefficient (Wildman–Crippen LogP) is 0.0235. The van der Waals surface area contributed by atoms with Crippen LogP contribution in [0.3, 0.4) is 0 Å². The zero-order valence-electron chi connectivity index (χ0n) is 43.6. The Hall–Kier alpha value is -7.82. The number of phenolic OH excluding ortho intramolecular Hbond substituents is 1. The SMILES string of the molecule is CCNC(=O)[C@@H]1CCCN1C(=O)[C@H](CC(C)C)NC(=O)[C@@H](CC(C)C)NC(=O)[C@H](Cc1ccc(O)cc1)NC(=O)[C@H](CO)NC(=O)[C@H](Cc1c[nH]c2ccccc12)NC(=O)[C@H](Cc1cnc[nH]1)NC(=O)[C@@H]1CCC(=O)N1. The van der Waals surface area contributed by atoms with Gasteiger partial charge in [0.1, 0.15) is 54.1 Å². The quantitative estimate of drug-likeness (QED) is 0.0396. The lowest BCUT2D eigenvalue weighted by molar-refractivity contribution is -0.142. The number of hydrogen-bond donors (Lipinski definition) is 12. The van der Waals surface area contributed by atoms with Crippen LogP contribution in [0.2, 0.25) is 0 Å². The molecule has 2 aliphatic rings. The molecule has 0 aliphatic carbocycles. The average molecular weight is 1050 g/mol. The molecule has 12 N–H and O–H groups in total. The number of aromatic hydroxyl groups is 1. The van der Waals surface area contributed by atoms with Gasteiger partial charge in [-0.1, -0.05) is 58.0 Å². The Morgan fingerprint density at radius 1 is 0.697 bits per heavy atom. The summed E-state index contributed by atoms with van der Waals surface area (Å²) in [6.45, 7) is 9.02. The molecule has 6 rings (SSSR count). The summed E-state index contributed by atoms with van der Waals surface area (Å²) in [6, 6.07) is 3.42. The zero-order valence-corrected chi connectivity index (χ0v) is 43.6. The largest absolute Gasteiger partial charge is 0.508 e. The Bertz CT molecular complexity index is 2670. The van der Waals surface area contributed by atoms with Crippen LogP contribution >= 0.6 is 0 Å². The van der Waals surface area contributed by atoms with Crippen LogP contribution in [0.15, 0.2) is 67.3 Å². The summed E-state index contributed by atoms with van der Waals surface area (Å²) in [5.74, 6) is -6.07. The van der Waals surface area contributed by atoms with Crippen molar-refractivity contribution in [3.05, 3.63) is 84.1 Å². The zero-order chi connectivity index (χ0) is 55.1. The van der Waals surface area contributed by atoms with Gasteiger partial charge in [-0.3, -0.25) is 43.2 Å². The number of phenols is 1. The minimum Gasteiger partial charge on any atom is -0.508 e. The highest BCUT2D eigenvalue weighted by Gasteiger charge is 2.40. The van der Waals surface area contributed by atoms with E-state index in [1.165, 1.54) is 41.7 Å². The number of aromatic nitrogens is 3. The third-order valence-corrected chi connectivity index (χ3v) is 13.3. The maximum Gasteiger partial charge on any atom is 0.245 e. The van der Waals surface area contributed by atoms with Gasteiger partial charge in [0.25, 0.3) is 0 Å². The number of fused-ring (bicyclic) bond motifs is 1. The smallest absolute Gasteiger partial charge is 0.245 e. The van der Waals surface area contributed by atoms with Crippen LogP contribution in [-0.2, 0) is 62.4 Å². The van der Waals surface area contributed by atoms with Crippen molar-refractivity contribution < 1.29 is 53.4 Å². The molecular formula is C53H72N12O11. The first-order chi connectivity index (χ1) is 36.3. The van der Waals surface area contributed by atoms with Crippen molar-refractivity contribution >= 4 is 64.1 Å². The molecule has 4 aromatic rings. The number of imidazole rings is 1. The molecule has 0 saturated carbocycles. The third-order valence-electron chi connectivity index (χ3n) is 13.3. The van der Waals surface area contributed by atoms with Crippen molar-refractivity contribution in [3.8, 4) is 5.75 Å². The number of nitrogens with zero attached hydrogens (tertiary/aromatic N) is 2. The molecule has 2 aromatic carbocycles. The van der Waals surface area contributed by atoms with Gasteiger partial charge in [0.05, 0.1) is 12.9 Å². The summed E-state index contributed by atoms with van der Waals surface area (Å²) >= 11 is 0. The summed E-state index contributed by atoms with van der Waals surface area (Å²) in [4.78, 5) is 136. The van der Waals surface area contributed by atoms with Crippen LogP contribution in [-0.4, -0.2) is 151 Å². The fraction of sp³-hybridized carbons (Fsp3) is 0.509. The molecule has 0 radical (unpaired) electrons. The van der Waals surface area contributed by atoms with E-state index in [9.17, 15) is 53.4 Å². The van der Waals surface area contributed by atoms with Crippen LogP contribution in [0.4, 0.5) is 0 Å². The number of H-pyrrole nitrogens is 2. The molecule has 23 heteroatoms. The van der Waals surface area contributed by atoms with Crippen molar-refractivity contribution in [1.82, 2.24) is 62.4 Å². The Kier molecular flexibility index (Phi) is 20.5. The summed E-state index contributed by atoms with van der Waals surface area (Å²) in [5, 5.41) is 43.0. The number of aromatic amines is 2. The van der Waals surface area contributed by atoms with Crippen LogP contribution in [0.25, 0.3) is 10.9 Å². The fourth-order valence-corrected chi connectivity index (χ4v) is 9.46. The van der Waals surface area contributed by atoms with Crippen LogP contribution < -0.4 is 42.5 Å². The van der Waals surface area contributed by atoms with Crippen molar-refractivity contribution in [3.63, 3.8) is 0 Å². The number of likely N-dealkylation sites (tertiary alicyclic amines) is 1. The number of aliphatic hydroxyl groups excluding tert-OH is 1. The lowest BCUT2D eigenvalue weighted by atomic mass is 9.98. The molecule has 2 aromatic heterocycles. The van der Waals surface area contributed by atoms with Gasteiger partial charge in [-0.25, -0.2) is 4.98 Å². The van der Waals surface area contributed by atoms with Crippen molar-refractivity contribution in [2.24, 2.45) is 11.8 Å². The van der Waals surface area contributed by atoms with E-state index in [-0.39, 0.29) is 74.3 Å². The highest BCUT2D eigenvalue weighted by Crippen LogP contribution is 2.22. The van der Waals surface area contributed by atoms with Gasteiger partial charge in [-0.2, -0.15) is 0 Å². The maximum absolute atomic E-state index is 14.5. The van der Waals surface area contributed by atoms with Crippen molar-refractivity contribution in [2.45, 2.75) is 141 Å². The second-order valence-corrected chi connectivity index (χ2v) is 20.3. The monoisotopic (exact) mass is 1050 g/mol. The Balaban J connectivity index is 1.22. The van der Waals surface area contributed by atoms with Gasteiger partial charge >= 0.3 is 0 Å². The van der Waals surface area contributed by atoms with Gasteiger partial charge in [0, 0.05) is 67.8 Å². The predicted molar refractivity (Wildman–Crippen MR) is 278 cm³/mol. The molecule has 76 heavy (non-hydrogen) atoms. The number of benzene rings is 2. The number of carbonyl (C=O) groups excluding carboxylic acids is 9. The Labute approximate surface area is 440 Å². The molecule has 0 bridgehead atoms. The number of aliphatic hydroxyl groups is 1. The van der Waals surface area contributed by atoms with Crippen molar-refractivity contribution in [2.75, 3.05) is 19.7 Å². The molecule has 2 fully saturated rings. The highest BCUT2D eigenvalue weighted by molar-refractivity contribution is 5.99. The standard InChI is InChI=1S/C53H72N12O11/c1-6-55-52(75)44-12-9-19-65(44)53(76)42(21-30(4)5)63-47(70)38(20-29(2)3)59-48(71)39(22-31-13-15-34(67)16-14-31)60-51(74)43(27-66)64-49(72)40(23-32-25-56-36-11-8-7-10-35(32)36)61-50(73)41(24-33-26-54-28-57-33)62-46(69)37-17-18-45(68)58-37/h7-8,10-11,13-16,25-26,28-30,37-44,56,66-67H,6,9,12,17-24,27H2,1-5H3,(H,54,57)(H,55,75)(H,58,68)(H,59,71)(H,60,74)(H,61,73)(H,62,69)(H,63,70)(H,64,72)/t37-,38+,39-,40-,41-,42-,43-,44-/m0/s1. The van der Waals surface area contributed by atoms with Gasteiger partial charge < -0.3 is 67.6 Å². The topological polar surface area (TPSA) is 338 Å². The van der Waals surface area contributed by atoms with E-state index in [1.807, 2.05) is 45.9 Å². The molecule has 2 saturated heterocycles. The molecule has 0 unspecified atom stereocenters. The number of likely N-dealkylation sites (N-methyl/N-ethyl adjacent to an activating group) is 1. The molecule has 23 nitrogen and oxygen atoms in total. The van der Waals surface area contributed by atoms with Gasteiger partial charge in [0.2, 0.25) is 53.2 Å². The van der Waals surface area contributed by atoms with Gasteiger partial charge in [-0.15, -0.1) is 0 Å². The summed E-state index contributed by atoms with van der Waals surface area (Å²) in [5.41, 5.74) is 2.30. The molecule has 8 atom stereocenters. The molecule has 0 spiro atoms. The maximum atomic E-state index is 14.5. The second-order valence-electron chi connectivity index (χ2n) is 20.3. The first-order valence-corrected chi connectivity index (χ1v) is 25.9. The van der Waals surface area contributed by atoms with E-state index in [0.29, 0.717) is 42.8 Å². The second kappa shape index (κ2) is 27.1. The van der Waals surface area contributed by atoms with E-state index < -0.39 is 96.3 Å². The Morgan fingerprint density at radius 2 is 1.29 bits per heavy atom. The molecule has 9 amide bonds. The first-order valence-electron chi connectivity index (χ1n) is 25.9. The number of nitrogens with one attached hydrogen (secondary N) is 10. The van der Waals surface area contributed by atoms with Crippen molar-refractivity contribution in [1.29, 1.82) is 0 Å². The fourth-order valence-electron chi connectivity index (χ4n) is 9.46.